The minimum atomic E-state index is -3.07. The molecule has 23 heavy (non-hydrogen) atoms. The van der Waals surface area contributed by atoms with E-state index in [0.717, 1.165) is 36.1 Å². The van der Waals surface area contributed by atoms with E-state index >= 15 is 0 Å². The molecule has 0 unspecified atom stereocenters. The number of halogens is 1. The van der Waals surface area contributed by atoms with Gasteiger partial charge in [-0.05, 0) is 37.0 Å². The van der Waals surface area contributed by atoms with Crippen molar-refractivity contribution in [2.45, 2.75) is 12.8 Å². The minimum Gasteiger partial charge on any atom is -0.369 e. The Hall–Kier alpha value is -1.44. The third-order valence-corrected chi connectivity index (χ3v) is 5.74. The number of anilines is 1. The van der Waals surface area contributed by atoms with E-state index in [1.807, 2.05) is 18.2 Å². The van der Waals surface area contributed by atoms with Gasteiger partial charge in [0.2, 0.25) is 10.0 Å². The van der Waals surface area contributed by atoms with E-state index in [0.29, 0.717) is 24.0 Å². The normalized spacial score (nSPS) is 17.5. The van der Waals surface area contributed by atoms with Crippen molar-refractivity contribution in [2.75, 3.05) is 31.2 Å². The van der Waals surface area contributed by atoms with Gasteiger partial charge in [0.1, 0.15) is 12.1 Å². The van der Waals surface area contributed by atoms with Crippen LogP contribution in [0.5, 0.6) is 0 Å². The summed E-state index contributed by atoms with van der Waals surface area (Å²) < 4.78 is 24.6. The summed E-state index contributed by atoms with van der Waals surface area (Å²) in [6.45, 7) is 1.93. The highest BCUT2D eigenvalue weighted by Gasteiger charge is 2.24. The quantitative estimate of drug-likeness (QED) is 0.912. The number of fused-ring (bicyclic) bond motifs is 1. The van der Waals surface area contributed by atoms with E-state index in [2.05, 4.69) is 15.3 Å². The van der Waals surface area contributed by atoms with Gasteiger partial charge in [0.05, 0.1) is 11.8 Å². The molecule has 8 heteroatoms. The number of hydrogen-bond donors (Lipinski definition) is 1. The fourth-order valence-electron chi connectivity index (χ4n) is 2.86. The van der Waals surface area contributed by atoms with Gasteiger partial charge in [-0.3, -0.25) is 0 Å². The van der Waals surface area contributed by atoms with Gasteiger partial charge < -0.3 is 5.32 Å². The third-order valence-electron chi connectivity index (χ3n) is 4.20. The van der Waals surface area contributed by atoms with Crippen LogP contribution in [0.15, 0.2) is 24.5 Å². The highest BCUT2D eigenvalue weighted by molar-refractivity contribution is 7.88. The van der Waals surface area contributed by atoms with Gasteiger partial charge in [-0.25, -0.2) is 22.7 Å². The third kappa shape index (κ3) is 3.91. The number of benzene rings is 1. The Balaban J connectivity index is 1.65. The van der Waals surface area contributed by atoms with Crippen LogP contribution in [0.1, 0.15) is 12.8 Å². The lowest BCUT2D eigenvalue weighted by Gasteiger charge is -2.30. The molecule has 0 atom stereocenters. The van der Waals surface area contributed by atoms with Gasteiger partial charge in [-0.15, -0.1) is 0 Å². The molecular formula is C15H19ClN4O2S. The highest BCUT2D eigenvalue weighted by atomic mass is 35.5. The standard InChI is InChI=1S/C15H19ClN4O2S/c1-23(21,22)20-6-4-11(5-7-20)9-17-15-13-8-12(16)2-3-14(13)18-10-19-15/h2-3,8,10-11H,4-7,9H2,1H3,(H,17,18,19). The lowest BCUT2D eigenvalue weighted by Crippen LogP contribution is -2.39. The van der Waals surface area contributed by atoms with E-state index in [-0.39, 0.29) is 0 Å². The lowest BCUT2D eigenvalue weighted by atomic mass is 9.98. The Morgan fingerprint density at radius 3 is 2.74 bits per heavy atom. The van der Waals surface area contributed by atoms with E-state index in [4.69, 9.17) is 11.6 Å². The van der Waals surface area contributed by atoms with Crippen LogP contribution in [0.2, 0.25) is 5.02 Å². The number of nitrogens with one attached hydrogen (secondary N) is 1. The van der Waals surface area contributed by atoms with E-state index in [1.54, 1.807) is 4.31 Å². The molecule has 2 aromatic rings. The number of sulfonamides is 1. The maximum absolute atomic E-state index is 11.5. The minimum absolute atomic E-state index is 0.428. The second-order valence-electron chi connectivity index (χ2n) is 5.87. The molecule has 1 fully saturated rings. The van der Waals surface area contributed by atoms with Crippen molar-refractivity contribution in [1.29, 1.82) is 0 Å². The molecule has 1 aliphatic rings. The Morgan fingerprint density at radius 1 is 1.30 bits per heavy atom. The number of piperidine rings is 1. The molecule has 1 saturated heterocycles. The second kappa shape index (κ2) is 6.59. The van der Waals surface area contributed by atoms with Crippen molar-refractivity contribution in [1.82, 2.24) is 14.3 Å². The summed E-state index contributed by atoms with van der Waals surface area (Å²) in [5.41, 5.74) is 0.846. The Kier molecular flexibility index (Phi) is 4.70. The van der Waals surface area contributed by atoms with Gasteiger partial charge in [0.25, 0.3) is 0 Å². The largest absolute Gasteiger partial charge is 0.369 e. The van der Waals surface area contributed by atoms with Crippen molar-refractivity contribution < 1.29 is 8.42 Å². The smallest absolute Gasteiger partial charge is 0.211 e. The van der Waals surface area contributed by atoms with Crippen molar-refractivity contribution >= 4 is 38.3 Å². The summed E-state index contributed by atoms with van der Waals surface area (Å²) in [6, 6.07) is 5.53. The Morgan fingerprint density at radius 2 is 2.04 bits per heavy atom. The molecule has 0 aliphatic carbocycles. The first-order valence-electron chi connectivity index (χ1n) is 7.53. The molecule has 3 rings (SSSR count). The molecule has 124 valence electrons. The van der Waals surface area contributed by atoms with Gasteiger partial charge in [-0.2, -0.15) is 0 Å². The molecule has 0 bridgehead atoms. The molecule has 1 aromatic heterocycles. The van der Waals surface area contributed by atoms with Crippen molar-refractivity contribution in [2.24, 2.45) is 5.92 Å². The van der Waals surface area contributed by atoms with Gasteiger partial charge in [0, 0.05) is 30.0 Å². The van der Waals surface area contributed by atoms with Crippen LogP contribution in [0.4, 0.5) is 5.82 Å². The second-order valence-corrected chi connectivity index (χ2v) is 8.29. The molecule has 1 aliphatic heterocycles. The summed E-state index contributed by atoms with van der Waals surface area (Å²) in [7, 11) is -3.07. The van der Waals surface area contributed by atoms with Crippen LogP contribution in [-0.2, 0) is 10.0 Å². The van der Waals surface area contributed by atoms with Crippen LogP contribution in [0, 0.1) is 5.92 Å². The van der Waals surface area contributed by atoms with Crippen LogP contribution < -0.4 is 5.32 Å². The van der Waals surface area contributed by atoms with Crippen LogP contribution in [0.25, 0.3) is 10.9 Å². The SMILES string of the molecule is CS(=O)(=O)N1CCC(CNc2ncnc3ccc(Cl)cc23)CC1. The van der Waals surface area contributed by atoms with Crippen molar-refractivity contribution in [3.8, 4) is 0 Å². The molecule has 0 radical (unpaired) electrons. The zero-order valence-electron chi connectivity index (χ0n) is 12.9. The summed E-state index contributed by atoms with van der Waals surface area (Å²) in [4.78, 5) is 8.53. The van der Waals surface area contributed by atoms with Crippen LogP contribution in [-0.4, -0.2) is 48.6 Å². The maximum atomic E-state index is 11.5. The van der Waals surface area contributed by atoms with E-state index in [1.165, 1.54) is 12.6 Å². The topological polar surface area (TPSA) is 75.2 Å². The number of nitrogens with zero attached hydrogens (tertiary/aromatic N) is 3. The number of aromatic nitrogens is 2. The summed E-state index contributed by atoms with van der Waals surface area (Å²) in [5, 5.41) is 4.91. The first-order valence-corrected chi connectivity index (χ1v) is 9.75. The fraction of sp³-hybridized carbons (Fsp3) is 0.467. The fourth-order valence-corrected chi connectivity index (χ4v) is 3.90. The van der Waals surface area contributed by atoms with Crippen molar-refractivity contribution in [3.05, 3.63) is 29.5 Å². The lowest BCUT2D eigenvalue weighted by molar-refractivity contribution is 0.283. The molecule has 0 spiro atoms. The van der Waals surface area contributed by atoms with Crippen LogP contribution >= 0.6 is 11.6 Å². The molecule has 1 aromatic carbocycles. The van der Waals surface area contributed by atoms with Crippen molar-refractivity contribution in [3.63, 3.8) is 0 Å². The number of hydrogen-bond acceptors (Lipinski definition) is 5. The van der Waals surface area contributed by atoms with E-state index in [9.17, 15) is 8.42 Å². The summed E-state index contributed by atoms with van der Waals surface area (Å²) in [6.07, 6.45) is 4.50. The molecule has 2 heterocycles. The maximum Gasteiger partial charge on any atom is 0.211 e. The average molecular weight is 355 g/mol. The first-order chi connectivity index (χ1) is 10.9. The molecule has 0 saturated carbocycles. The molecule has 0 amide bonds. The molecule has 6 nitrogen and oxygen atoms in total. The average Bonchev–Trinajstić information content (AvgIpc) is 2.52. The monoisotopic (exact) mass is 354 g/mol. The predicted octanol–water partition coefficient (Wildman–Crippen LogP) is 2.37. The zero-order valence-corrected chi connectivity index (χ0v) is 14.4. The summed E-state index contributed by atoms with van der Waals surface area (Å²) in [5.74, 6) is 1.19. The van der Waals surface area contributed by atoms with Gasteiger partial charge >= 0.3 is 0 Å². The Bertz CT molecular complexity index is 804. The van der Waals surface area contributed by atoms with E-state index < -0.39 is 10.0 Å². The highest BCUT2D eigenvalue weighted by Crippen LogP contribution is 2.24. The molecular weight excluding hydrogens is 336 g/mol. The van der Waals surface area contributed by atoms with Gasteiger partial charge in [-0.1, -0.05) is 11.6 Å². The molecule has 1 N–H and O–H groups in total. The van der Waals surface area contributed by atoms with Crippen LogP contribution in [0.3, 0.4) is 0 Å². The first kappa shape index (κ1) is 16.4. The zero-order chi connectivity index (χ0) is 16.4. The predicted molar refractivity (Wildman–Crippen MR) is 92.2 cm³/mol. The number of rotatable bonds is 4. The Labute approximate surface area is 140 Å². The summed E-state index contributed by atoms with van der Waals surface area (Å²) >= 11 is 6.05. The van der Waals surface area contributed by atoms with Gasteiger partial charge in [0.15, 0.2) is 0 Å².